The Labute approximate surface area is 168 Å². The molecule has 1 aliphatic carbocycles. The van der Waals surface area contributed by atoms with Gasteiger partial charge < -0.3 is 5.32 Å². The number of fused-ring (bicyclic) bond motifs is 1. The maximum absolute atomic E-state index is 5.04. The molecule has 1 aliphatic heterocycles. The molecule has 2 nitrogen and oxygen atoms in total. The highest BCUT2D eigenvalue weighted by molar-refractivity contribution is 7.11. The number of nitrogens with zero attached hydrogens (tertiary/aromatic N) is 1. The lowest BCUT2D eigenvalue weighted by molar-refractivity contribution is 0.332. The Morgan fingerprint density at radius 3 is 2.59 bits per heavy atom. The van der Waals surface area contributed by atoms with E-state index in [4.69, 9.17) is 4.98 Å². The van der Waals surface area contributed by atoms with Gasteiger partial charge in [0.1, 0.15) is 5.01 Å². The van der Waals surface area contributed by atoms with Gasteiger partial charge in [-0.2, -0.15) is 0 Å². The van der Waals surface area contributed by atoms with Crippen molar-refractivity contribution in [1.82, 2.24) is 10.3 Å². The molecule has 0 atom stereocenters. The molecule has 2 aliphatic rings. The van der Waals surface area contributed by atoms with Crippen molar-refractivity contribution in [3.63, 3.8) is 0 Å². The molecule has 1 aromatic carbocycles. The van der Waals surface area contributed by atoms with Crippen molar-refractivity contribution in [2.45, 2.75) is 70.6 Å². The third-order valence-electron chi connectivity index (χ3n) is 6.44. The van der Waals surface area contributed by atoms with Gasteiger partial charge in [0, 0.05) is 10.9 Å². The Hall–Kier alpha value is -1.45. The van der Waals surface area contributed by atoms with E-state index in [1.54, 1.807) is 11.3 Å². The minimum absolute atomic E-state index is 0.245. The summed E-state index contributed by atoms with van der Waals surface area (Å²) in [7, 11) is 0. The normalized spacial score (nSPS) is 23.6. The lowest BCUT2D eigenvalue weighted by atomic mass is 9.63. The Bertz CT molecular complexity index is 857. The highest BCUT2D eigenvalue weighted by Crippen LogP contribution is 2.46. The van der Waals surface area contributed by atoms with Crippen LogP contribution in [0.25, 0.3) is 16.8 Å². The standard InChI is InChI=1S/C24H32N2S/c1-23(2)11-12-24(3,4)20-15-18(9-10-19(20)23)21-16-27-22(26-21)17-7-5-13-25-14-6-8-17/h7,9-10,15-16,25H,5-6,8,11-14H2,1-4H3/b17-7-. The van der Waals surface area contributed by atoms with Crippen molar-refractivity contribution >= 4 is 16.9 Å². The number of aromatic nitrogens is 1. The largest absolute Gasteiger partial charge is 0.316 e. The first kappa shape index (κ1) is 18.9. The van der Waals surface area contributed by atoms with Gasteiger partial charge in [0.05, 0.1) is 5.69 Å². The lowest BCUT2D eigenvalue weighted by Crippen LogP contribution is -2.33. The zero-order valence-electron chi connectivity index (χ0n) is 17.2. The number of hydrogen-bond acceptors (Lipinski definition) is 3. The minimum atomic E-state index is 0.245. The topological polar surface area (TPSA) is 24.9 Å². The minimum Gasteiger partial charge on any atom is -0.316 e. The van der Waals surface area contributed by atoms with Crippen LogP contribution in [0.3, 0.4) is 0 Å². The second-order valence-corrected chi connectivity index (χ2v) is 10.3. The quantitative estimate of drug-likeness (QED) is 0.660. The van der Waals surface area contributed by atoms with E-state index in [9.17, 15) is 0 Å². The van der Waals surface area contributed by atoms with E-state index in [2.05, 4.69) is 62.7 Å². The van der Waals surface area contributed by atoms with Crippen molar-refractivity contribution in [1.29, 1.82) is 0 Å². The van der Waals surface area contributed by atoms with Gasteiger partial charge >= 0.3 is 0 Å². The van der Waals surface area contributed by atoms with Gasteiger partial charge in [0.25, 0.3) is 0 Å². The maximum Gasteiger partial charge on any atom is 0.119 e. The van der Waals surface area contributed by atoms with E-state index in [0.29, 0.717) is 0 Å². The van der Waals surface area contributed by atoms with Crippen molar-refractivity contribution in [2.24, 2.45) is 0 Å². The zero-order chi connectivity index (χ0) is 19.1. The predicted octanol–water partition coefficient (Wildman–Crippen LogP) is 6.32. The Kier molecular flexibility index (Phi) is 5.02. The summed E-state index contributed by atoms with van der Waals surface area (Å²) in [4.78, 5) is 5.04. The first-order valence-electron chi connectivity index (χ1n) is 10.4. The van der Waals surface area contributed by atoms with Crippen molar-refractivity contribution in [3.05, 3.63) is 45.8 Å². The van der Waals surface area contributed by atoms with Gasteiger partial charge in [-0.05, 0) is 78.8 Å². The van der Waals surface area contributed by atoms with Gasteiger partial charge in [-0.3, -0.25) is 0 Å². The van der Waals surface area contributed by atoms with Crippen molar-refractivity contribution < 1.29 is 0 Å². The van der Waals surface area contributed by atoms with Gasteiger partial charge in [-0.15, -0.1) is 11.3 Å². The van der Waals surface area contributed by atoms with Crippen LogP contribution < -0.4 is 5.32 Å². The van der Waals surface area contributed by atoms with Crippen LogP contribution in [0.4, 0.5) is 0 Å². The van der Waals surface area contributed by atoms with Crippen LogP contribution in [0.2, 0.25) is 0 Å². The predicted molar refractivity (Wildman–Crippen MR) is 118 cm³/mol. The molecule has 0 unspecified atom stereocenters. The number of nitrogens with one attached hydrogen (secondary N) is 1. The van der Waals surface area contributed by atoms with E-state index in [1.165, 1.54) is 46.5 Å². The number of hydrogen-bond donors (Lipinski definition) is 1. The number of rotatable bonds is 2. The fourth-order valence-electron chi connectivity index (χ4n) is 4.48. The van der Waals surface area contributed by atoms with Gasteiger partial charge in [0.15, 0.2) is 0 Å². The summed E-state index contributed by atoms with van der Waals surface area (Å²) in [5.74, 6) is 0. The van der Waals surface area contributed by atoms with Gasteiger partial charge in [-0.1, -0.05) is 45.9 Å². The molecule has 0 amide bonds. The summed E-state index contributed by atoms with van der Waals surface area (Å²) in [6, 6.07) is 7.08. The van der Waals surface area contributed by atoms with E-state index < -0.39 is 0 Å². The van der Waals surface area contributed by atoms with Crippen molar-refractivity contribution in [3.8, 4) is 11.3 Å². The molecular formula is C24H32N2S. The molecule has 0 saturated carbocycles. The fraction of sp³-hybridized carbons (Fsp3) is 0.542. The highest BCUT2D eigenvalue weighted by Gasteiger charge is 2.37. The first-order valence-corrected chi connectivity index (χ1v) is 11.3. The summed E-state index contributed by atoms with van der Waals surface area (Å²) in [5.41, 5.74) is 7.40. The van der Waals surface area contributed by atoms with Crippen LogP contribution in [0, 0.1) is 0 Å². The van der Waals surface area contributed by atoms with Crippen LogP contribution in [0.1, 0.15) is 75.9 Å². The smallest absolute Gasteiger partial charge is 0.119 e. The van der Waals surface area contributed by atoms with Crippen LogP contribution >= 0.6 is 11.3 Å². The second-order valence-electron chi connectivity index (χ2n) is 9.44. The molecule has 0 bridgehead atoms. The monoisotopic (exact) mass is 380 g/mol. The van der Waals surface area contributed by atoms with Crippen molar-refractivity contribution in [2.75, 3.05) is 13.1 Å². The third kappa shape index (κ3) is 3.77. The van der Waals surface area contributed by atoms with Crippen LogP contribution in [0.15, 0.2) is 29.7 Å². The number of thiazole rings is 1. The number of allylic oxidation sites excluding steroid dienone is 1. The average Bonchev–Trinajstić information content (AvgIpc) is 3.08. The molecule has 2 aromatic rings. The van der Waals surface area contributed by atoms with Gasteiger partial charge in [0.2, 0.25) is 0 Å². The molecule has 1 N–H and O–H groups in total. The molecule has 0 spiro atoms. The molecule has 0 saturated heterocycles. The maximum atomic E-state index is 5.04. The van der Waals surface area contributed by atoms with Gasteiger partial charge in [-0.25, -0.2) is 4.98 Å². The molecule has 1 aromatic heterocycles. The molecule has 144 valence electrons. The SMILES string of the molecule is CC1(C)CCC(C)(C)c2cc(-c3csc(/C4=C\CCNCCC4)n3)ccc21. The molecule has 4 rings (SSSR count). The third-order valence-corrected chi connectivity index (χ3v) is 7.36. The zero-order valence-corrected chi connectivity index (χ0v) is 18.0. The van der Waals surface area contributed by atoms with E-state index in [0.717, 1.165) is 31.6 Å². The molecule has 3 heteroatoms. The molecule has 0 radical (unpaired) electrons. The van der Waals surface area contributed by atoms with E-state index in [-0.39, 0.29) is 10.8 Å². The van der Waals surface area contributed by atoms with Crippen LogP contribution in [0.5, 0.6) is 0 Å². The molecule has 2 heterocycles. The average molecular weight is 381 g/mol. The van der Waals surface area contributed by atoms with E-state index >= 15 is 0 Å². The Balaban J connectivity index is 1.68. The molecule has 27 heavy (non-hydrogen) atoms. The summed E-state index contributed by atoms with van der Waals surface area (Å²) in [5, 5.41) is 6.93. The van der Waals surface area contributed by atoms with E-state index in [1.807, 2.05) is 0 Å². The fourth-order valence-corrected chi connectivity index (χ4v) is 5.38. The molecule has 0 fully saturated rings. The summed E-state index contributed by atoms with van der Waals surface area (Å²) >= 11 is 1.80. The Morgan fingerprint density at radius 2 is 1.78 bits per heavy atom. The second kappa shape index (κ2) is 7.18. The van der Waals surface area contributed by atoms with Crippen LogP contribution in [-0.4, -0.2) is 18.1 Å². The summed E-state index contributed by atoms with van der Waals surface area (Å²) < 4.78 is 0. The summed E-state index contributed by atoms with van der Waals surface area (Å²) in [6.45, 7) is 11.8. The summed E-state index contributed by atoms with van der Waals surface area (Å²) in [6.07, 6.45) is 8.32. The highest BCUT2D eigenvalue weighted by atomic mass is 32.1. The Morgan fingerprint density at radius 1 is 1.00 bits per heavy atom. The van der Waals surface area contributed by atoms with Crippen LogP contribution in [-0.2, 0) is 10.8 Å². The lowest BCUT2D eigenvalue weighted by Gasteiger charge is -2.42. The molecular weight excluding hydrogens is 348 g/mol. The first-order chi connectivity index (χ1) is 12.9. The number of benzene rings is 1.